The third kappa shape index (κ3) is 2.99. The Kier molecular flexibility index (Phi) is 3.19. The fourth-order valence-corrected chi connectivity index (χ4v) is 1.82. The van der Waals surface area contributed by atoms with E-state index in [-0.39, 0.29) is 17.7 Å². The molecule has 0 radical (unpaired) electrons. The Balaban J connectivity index is 2.54. The molecule has 0 aromatic carbocycles. The average Bonchev–Trinajstić information content (AvgIpc) is 2.45. The van der Waals surface area contributed by atoms with Crippen LogP contribution < -0.4 is 0 Å². The van der Waals surface area contributed by atoms with Gasteiger partial charge in [0.25, 0.3) is 0 Å². The van der Waals surface area contributed by atoms with Crippen molar-refractivity contribution in [1.29, 1.82) is 0 Å². The summed E-state index contributed by atoms with van der Waals surface area (Å²) in [6, 6.07) is 0. The fraction of sp³-hybridized carbons (Fsp3) is 0.364. The van der Waals surface area contributed by atoms with E-state index in [4.69, 9.17) is 0 Å². The molecule has 0 unspecified atom stereocenters. The van der Waals surface area contributed by atoms with E-state index in [9.17, 15) is 26.3 Å². The molecule has 0 bridgehead atoms. The number of hydrogen-bond acceptors (Lipinski definition) is 1. The first-order chi connectivity index (χ1) is 8.68. The maximum atomic E-state index is 12.7. The third-order valence-corrected chi connectivity index (χ3v) is 2.52. The monoisotopic (exact) mass is 282 g/mol. The van der Waals surface area contributed by atoms with E-state index >= 15 is 0 Å². The van der Waals surface area contributed by atoms with Crippen molar-refractivity contribution in [2.75, 3.05) is 0 Å². The Bertz CT molecular complexity index is 533. The number of alkyl halides is 6. The number of aromatic nitrogens is 2. The number of allylic oxidation sites excluding steroid dienone is 3. The standard InChI is InChI=1S/C11H8F6N2/c12-10(13,14)6-19-8-5-3-1-2-4-7(8)9(18-19)11(15,16)17/h1-4H,5-6H2. The van der Waals surface area contributed by atoms with Gasteiger partial charge >= 0.3 is 12.4 Å². The van der Waals surface area contributed by atoms with E-state index in [0.29, 0.717) is 4.68 Å². The number of halogens is 6. The summed E-state index contributed by atoms with van der Waals surface area (Å²) in [6.07, 6.45) is -3.99. The zero-order valence-electron chi connectivity index (χ0n) is 9.39. The van der Waals surface area contributed by atoms with E-state index in [1.807, 2.05) is 0 Å². The van der Waals surface area contributed by atoms with Crippen LogP contribution >= 0.6 is 0 Å². The summed E-state index contributed by atoms with van der Waals surface area (Å²) < 4.78 is 75.6. The lowest BCUT2D eigenvalue weighted by atomic mass is 10.1. The van der Waals surface area contributed by atoms with Crippen molar-refractivity contribution in [3.8, 4) is 0 Å². The highest BCUT2D eigenvalue weighted by molar-refractivity contribution is 5.59. The summed E-state index contributed by atoms with van der Waals surface area (Å²) in [5, 5.41) is 3.08. The SMILES string of the molecule is FC(F)(F)Cn1nc(C(F)(F)F)c2c1CC=CC=C2. The zero-order chi connectivity index (χ0) is 14.3. The van der Waals surface area contributed by atoms with Crippen LogP contribution in [0.3, 0.4) is 0 Å². The molecule has 0 aliphatic heterocycles. The van der Waals surface area contributed by atoms with Gasteiger partial charge in [-0.1, -0.05) is 24.3 Å². The minimum absolute atomic E-state index is 0.0263. The lowest BCUT2D eigenvalue weighted by molar-refractivity contribution is -0.149. The summed E-state index contributed by atoms with van der Waals surface area (Å²) >= 11 is 0. The molecule has 2 rings (SSSR count). The maximum absolute atomic E-state index is 12.7. The molecule has 19 heavy (non-hydrogen) atoms. The predicted molar refractivity (Wildman–Crippen MR) is 55.2 cm³/mol. The van der Waals surface area contributed by atoms with Gasteiger partial charge in [0, 0.05) is 12.0 Å². The molecule has 104 valence electrons. The second kappa shape index (κ2) is 4.43. The largest absolute Gasteiger partial charge is 0.435 e. The van der Waals surface area contributed by atoms with E-state index in [2.05, 4.69) is 5.10 Å². The Hall–Kier alpha value is -1.73. The highest BCUT2D eigenvalue weighted by Gasteiger charge is 2.40. The smallest absolute Gasteiger partial charge is 0.259 e. The van der Waals surface area contributed by atoms with Gasteiger partial charge in [0.1, 0.15) is 6.54 Å². The predicted octanol–water partition coefficient (Wildman–Crippen LogP) is 3.59. The van der Waals surface area contributed by atoms with E-state index in [1.54, 1.807) is 0 Å². The molecule has 1 aromatic heterocycles. The molecule has 0 saturated heterocycles. The molecule has 1 aliphatic rings. The van der Waals surface area contributed by atoms with Gasteiger partial charge in [0.15, 0.2) is 5.69 Å². The van der Waals surface area contributed by atoms with Crippen LogP contribution in [0.15, 0.2) is 18.2 Å². The quantitative estimate of drug-likeness (QED) is 0.720. The van der Waals surface area contributed by atoms with Crippen molar-refractivity contribution >= 4 is 6.08 Å². The van der Waals surface area contributed by atoms with E-state index in [1.165, 1.54) is 18.2 Å². The van der Waals surface area contributed by atoms with Crippen LogP contribution in [0.5, 0.6) is 0 Å². The summed E-state index contributed by atoms with van der Waals surface area (Å²) in [7, 11) is 0. The Morgan fingerprint density at radius 1 is 1.11 bits per heavy atom. The minimum atomic E-state index is -4.78. The lowest BCUT2D eigenvalue weighted by Crippen LogP contribution is -2.21. The van der Waals surface area contributed by atoms with Crippen LogP contribution in [0.4, 0.5) is 26.3 Å². The normalized spacial score (nSPS) is 15.5. The summed E-state index contributed by atoms with van der Waals surface area (Å²) in [6.45, 7) is -1.53. The van der Waals surface area contributed by atoms with Gasteiger partial charge in [-0.15, -0.1) is 0 Å². The van der Waals surface area contributed by atoms with Crippen molar-refractivity contribution < 1.29 is 26.3 Å². The molecule has 2 nitrogen and oxygen atoms in total. The molecule has 0 spiro atoms. The Labute approximate surface area is 104 Å². The summed E-state index contributed by atoms with van der Waals surface area (Å²) in [5.74, 6) is 0. The number of fused-ring (bicyclic) bond motifs is 1. The van der Waals surface area contributed by atoms with Gasteiger partial charge in [0.05, 0.1) is 5.69 Å². The van der Waals surface area contributed by atoms with Gasteiger partial charge < -0.3 is 0 Å². The molecule has 0 atom stereocenters. The second-order valence-corrected chi connectivity index (χ2v) is 3.97. The lowest BCUT2D eigenvalue weighted by Gasteiger charge is -2.09. The molecule has 1 heterocycles. The molecule has 8 heteroatoms. The van der Waals surface area contributed by atoms with Gasteiger partial charge in [-0.25, -0.2) is 0 Å². The van der Waals surface area contributed by atoms with E-state index in [0.717, 1.165) is 6.08 Å². The zero-order valence-corrected chi connectivity index (χ0v) is 9.39. The van der Waals surface area contributed by atoms with Gasteiger partial charge in [-0.2, -0.15) is 31.4 Å². The van der Waals surface area contributed by atoms with Crippen molar-refractivity contribution in [2.45, 2.75) is 25.3 Å². The van der Waals surface area contributed by atoms with Crippen LogP contribution in [0.25, 0.3) is 6.08 Å². The topological polar surface area (TPSA) is 17.8 Å². The number of nitrogens with zero attached hydrogens (tertiary/aromatic N) is 2. The van der Waals surface area contributed by atoms with Crippen molar-refractivity contribution in [1.82, 2.24) is 9.78 Å². The van der Waals surface area contributed by atoms with Crippen LogP contribution in [-0.4, -0.2) is 16.0 Å². The maximum Gasteiger partial charge on any atom is 0.435 e. The number of hydrogen-bond donors (Lipinski definition) is 0. The fourth-order valence-electron chi connectivity index (χ4n) is 1.82. The molecular weight excluding hydrogens is 274 g/mol. The Morgan fingerprint density at radius 3 is 2.37 bits per heavy atom. The van der Waals surface area contributed by atoms with Crippen molar-refractivity contribution in [3.05, 3.63) is 35.2 Å². The van der Waals surface area contributed by atoms with Crippen LogP contribution in [-0.2, 0) is 19.1 Å². The first kappa shape index (κ1) is 13.7. The Morgan fingerprint density at radius 2 is 1.79 bits per heavy atom. The molecular formula is C11H8F6N2. The van der Waals surface area contributed by atoms with Crippen LogP contribution in [0.1, 0.15) is 17.0 Å². The summed E-state index contributed by atoms with van der Waals surface area (Å²) in [5.41, 5.74) is -1.68. The highest BCUT2D eigenvalue weighted by Crippen LogP contribution is 2.35. The summed E-state index contributed by atoms with van der Waals surface area (Å²) in [4.78, 5) is 0. The van der Waals surface area contributed by atoms with Crippen molar-refractivity contribution in [3.63, 3.8) is 0 Å². The van der Waals surface area contributed by atoms with Crippen LogP contribution in [0, 0.1) is 0 Å². The first-order valence-corrected chi connectivity index (χ1v) is 5.25. The molecule has 0 fully saturated rings. The molecule has 0 amide bonds. The molecule has 1 aromatic rings. The number of rotatable bonds is 1. The van der Waals surface area contributed by atoms with Gasteiger partial charge in [-0.3, -0.25) is 4.68 Å². The average molecular weight is 282 g/mol. The first-order valence-electron chi connectivity index (χ1n) is 5.25. The minimum Gasteiger partial charge on any atom is -0.259 e. The van der Waals surface area contributed by atoms with E-state index < -0.39 is 24.6 Å². The molecule has 0 saturated carbocycles. The van der Waals surface area contributed by atoms with Crippen LogP contribution in [0.2, 0.25) is 0 Å². The third-order valence-electron chi connectivity index (χ3n) is 2.52. The molecule has 0 N–H and O–H groups in total. The van der Waals surface area contributed by atoms with Gasteiger partial charge in [0.2, 0.25) is 0 Å². The second-order valence-electron chi connectivity index (χ2n) is 3.97. The molecule has 1 aliphatic carbocycles. The van der Waals surface area contributed by atoms with Gasteiger partial charge in [-0.05, 0) is 0 Å². The highest BCUT2D eigenvalue weighted by atomic mass is 19.4. The van der Waals surface area contributed by atoms with Crippen molar-refractivity contribution in [2.24, 2.45) is 0 Å².